The zero-order valence-corrected chi connectivity index (χ0v) is 16.3. The molecule has 1 aliphatic rings. The molecule has 5 heteroatoms. The van der Waals surface area contributed by atoms with E-state index in [0.717, 1.165) is 24.8 Å². The fraction of sp³-hybridized carbons (Fsp3) is 0.429. The monoisotopic (exact) mass is 370 g/mol. The third-order valence-electron chi connectivity index (χ3n) is 4.95. The number of hydrogen-bond acceptors (Lipinski definition) is 3. The molecule has 0 saturated heterocycles. The predicted octanol–water partition coefficient (Wildman–Crippen LogP) is 3.87. The molecule has 1 atom stereocenters. The van der Waals surface area contributed by atoms with Crippen LogP contribution in [0.2, 0.25) is 0 Å². The van der Waals surface area contributed by atoms with Crippen LogP contribution in [0.4, 0.5) is 0 Å². The number of unbranched alkanes of at least 4 members (excludes halogenated alkanes) is 1. The smallest absolute Gasteiger partial charge is 0.242 e. The van der Waals surface area contributed by atoms with Crippen LogP contribution in [0, 0.1) is 0 Å². The van der Waals surface area contributed by atoms with Gasteiger partial charge in [-0.25, -0.2) is 0 Å². The highest BCUT2D eigenvalue weighted by Gasteiger charge is 2.33. The summed E-state index contributed by atoms with van der Waals surface area (Å²) in [7, 11) is 0. The Hall–Kier alpha value is -2.14. The lowest BCUT2D eigenvalue weighted by molar-refractivity contribution is -0.140. The number of fused-ring (bicyclic) bond motifs is 1. The van der Waals surface area contributed by atoms with Crippen LogP contribution in [0.1, 0.15) is 48.7 Å². The van der Waals surface area contributed by atoms with E-state index in [-0.39, 0.29) is 24.4 Å². The normalized spacial score (nSPS) is 16.2. The molecule has 1 aromatic carbocycles. The third kappa shape index (κ3) is 3.98. The van der Waals surface area contributed by atoms with E-state index in [1.807, 2.05) is 23.1 Å². The Morgan fingerprint density at radius 1 is 1.23 bits per heavy atom. The fourth-order valence-corrected chi connectivity index (χ4v) is 4.43. The van der Waals surface area contributed by atoms with Crippen molar-refractivity contribution >= 4 is 23.2 Å². The Morgan fingerprint density at radius 2 is 2.00 bits per heavy atom. The van der Waals surface area contributed by atoms with Gasteiger partial charge < -0.3 is 9.80 Å². The summed E-state index contributed by atoms with van der Waals surface area (Å²) in [6, 6.07) is 12.3. The van der Waals surface area contributed by atoms with E-state index in [0.29, 0.717) is 13.1 Å². The molecule has 2 aromatic rings. The van der Waals surface area contributed by atoms with Crippen LogP contribution >= 0.6 is 11.3 Å². The summed E-state index contributed by atoms with van der Waals surface area (Å²) in [4.78, 5) is 30.0. The average molecular weight is 371 g/mol. The number of hydrogen-bond donors (Lipinski definition) is 0. The molecule has 4 nitrogen and oxygen atoms in total. The minimum atomic E-state index is -0.0568. The maximum Gasteiger partial charge on any atom is 0.242 e. The van der Waals surface area contributed by atoms with Crippen LogP contribution in [-0.2, 0) is 16.0 Å². The van der Waals surface area contributed by atoms with Crippen LogP contribution < -0.4 is 0 Å². The summed E-state index contributed by atoms with van der Waals surface area (Å²) in [5.41, 5.74) is 2.35. The summed E-state index contributed by atoms with van der Waals surface area (Å²) in [6.07, 6.45) is 2.81. The van der Waals surface area contributed by atoms with E-state index in [1.54, 1.807) is 23.2 Å². The molecule has 0 saturated carbocycles. The standard InChI is InChI=1S/C21H26N2O2S/c1-3-4-12-22(16(2)24)15-20(25)23-13-10-19-18(11-14-26-19)21(23)17-8-6-5-7-9-17/h5-9,11,14,21H,3-4,10,12-13,15H2,1-2H3. The van der Waals surface area contributed by atoms with Gasteiger partial charge in [-0.15, -0.1) is 11.3 Å². The van der Waals surface area contributed by atoms with E-state index in [4.69, 9.17) is 0 Å². The van der Waals surface area contributed by atoms with Gasteiger partial charge in [-0.2, -0.15) is 0 Å². The minimum Gasteiger partial charge on any atom is -0.334 e. The summed E-state index contributed by atoms with van der Waals surface area (Å²) >= 11 is 1.76. The summed E-state index contributed by atoms with van der Waals surface area (Å²) in [6.45, 7) is 5.15. The first-order valence-electron chi connectivity index (χ1n) is 9.28. The van der Waals surface area contributed by atoms with Gasteiger partial charge in [-0.05, 0) is 35.4 Å². The molecule has 0 spiro atoms. The lowest BCUT2D eigenvalue weighted by Crippen LogP contribution is -2.46. The molecule has 2 amide bonds. The first kappa shape index (κ1) is 18.6. The molecule has 138 valence electrons. The van der Waals surface area contributed by atoms with Crippen molar-refractivity contribution in [2.24, 2.45) is 0 Å². The zero-order chi connectivity index (χ0) is 18.5. The largest absolute Gasteiger partial charge is 0.334 e. The highest BCUT2D eigenvalue weighted by molar-refractivity contribution is 7.10. The summed E-state index contributed by atoms with van der Waals surface area (Å²) in [5.74, 6) is -0.00157. The number of thiophene rings is 1. The van der Waals surface area contributed by atoms with Gasteiger partial charge in [0.05, 0.1) is 12.6 Å². The number of benzene rings is 1. The lowest BCUT2D eigenvalue weighted by atomic mass is 9.93. The van der Waals surface area contributed by atoms with Gasteiger partial charge in [0.1, 0.15) is 0 Å². The molecule has 3 rings (SSSR count). The maximum absolute atomic E-state index is 13.1. The van der Waals surface area contributed by atoms with E-state index in [2.05, 4.69) is 30.5 Å². The van der Waals surface area contributed by atoms with Crippen LogP contribution in [0.15, 0.2) is 41.8 Å². The van der Waals surface area contributed by atoms with E-state index >= 15 is 0 Å². The van der Waals surface area contributed by atoms with Gasteiger partial charge >= 0.3 is 0 Å². The molecule has 1 aliphatic heterocycles. The van der Waals surface area contributed by atoms with Crippen molar-refractivity contribution in [2.45, 2.75) is 39.2 Å². The molecule has 0 fully saturated rings. The van der Waals surface area contributed by atoms with Gasteiger partial charge in [-0.1, -0.05) is 43.7 Å². The second kappa shape index (κ2) is 8.49. The molecular formula is C21H26N2O2S. The van der Waals surface area contributed by atoms with Crippen molar-refractivity contribution in [3.63, 3.8) is 0 Å². The Bertz CT molecular complexity index is 756. The second-order valence-corrected chi connectivity index (χ2v) is 7.74. The van der Waals surface area contributed by atoms with Gasteiger partial charge in [0.15, 0.2) is 0 Å². The molecule has 0 radical (unpaired) electrons. The highest BCUT2D eigenvalue weighted by atomic mass is 32.1. The van der Waals surface area contributed by atoms with Crippen molar-refractivity contribution in [3.05, 3.63) is 57.8 Å². The van der Waals surface area contributed by atoms with Crippen LogP contribution in [-0.4, -0.2) is 41.2 Å². The molecule has 26 heavy (non-hydrogen) atoms. The first-order valence-corrected chi connectivity index (χ1v) is 10.2. The number of nitrogens with zero attached hydrogens (tertiary/aromatic N) is 2. The number of rotatable bonds is 6. The van der Waals surface area contributed by atoms with E-state index < -0.39 is 0 Å². The Kier molecular flexibility index (Phi) is 6.09. The Balaban J connectivity index is 1.85. The summed E-state index contributed by atoms with van der Waals surface area (Å²) in [5, 5.41) is 2.11. The quantitative estimate of drug-likeness (QED) is 0.774. The molecule has 2 heterocycles. The Labute approximate surface area is 159 Å². The lowest BCUT2D eigenvalue weighted by Gasteiger charge is -2.37. The number of amides is 2. The fourth-order valence-electron chi connectivity index (χ4n) is 3.53. The zero-order valence-electron chi connectivity index (χ0n) is 15.5. The van der Waals surface area contributed by atoms with Crippen LogP contribution in [0.25, 0.3) is 0 Å². The van der Waals surface area contributed by atoms with Gasteiger partial charge in [0, 0.05) is 24.9 Å². The SMILES string of the molecule is CCCCN(CC(=O)N1CCc2sccc2C1c1ccccc1)C(C)=O. The maximum atomic E-state index is 13.1. The second-order valence-electron chi connectivity index (χ2n) is 6.74. The average Bonchev–Trinajstić information content (AvgIpc) is 3.13. The molecular weight excluding hydrogens is 344 g/mol. The number of carbonyl (C=O) groups excluding carboxylic acids is 2. The van der Waals surface area contributed by atoms with E-state index in [9.17, 15) is 9.59 Å². The third-order valence-corrected chi connectivity index (χ3v) is 5.95. The molecule has 1 unspecified atom stereocenters. The van der Waals surface area contributed by atoms with Gasteiger partial charge in [0.25, 0.3) is 0 Å². The van der Waals surface area contributed by atoms with Crippen molar-refractivity contribution in [2.75, 3.05) is 19.6 Å². The van der Waals surface area contributed by atoms with Crippen molar-refractivity contribution in [3.8, 4) is 0 Å². The van der Waals surface area contributed by atoms with Gasteiger partial charge in [0.2, 0.25) is 11.8 Å². The Morgan fingerprint density at radius 3 is 2.69 bits per heavy atom. The molecule has 0 aliphatic carbocycles. The number of carbonyl (C=O) groups is 2. The van der Waals surface area contributed by atoms with Crippen molar-refractivity contribution < 1.29 is 9.59 Å². The predicted molar refractivity (Wildman–Crippen MR) is 105 cm³/mol. The van der Waals surface area contributed by atoms with E-state index in [1.165, 1.54) is 10.4 Å². The molecule has 1 aromatic heterocycles. The molecule has 0 bridgehead atoms. The van der Waals surface area contributed by atoms with Crippen molar-refractivity contribution in [1.29, 1.82) is 0 Å². The van der Waals surface area contributed by atoms with Crippen LogP contribution in [0.5, 0.6) is 0 Å². The summed E-state index contributed by atoms with van der Waals surface area (Å²) < 4.78 is 0. The minimum absolute atomic E-state index is 0.0296. The van der Waals surface area contributed by atoms with Crippen molar-refractivity contribution in [1.82, 2.24) is 9.80 Å². The first-order chi connectivity index (χ1) is 12.6. The topological polar surface area (TPSA) is 40.6 Å². The highest BCUT2D eigenvalue weighted by Crippen LogP contribution is 2.37. The van der Waals surface area contributed by atoms with Crippen LogP contribution in [0.3, 0.4) is 0 Å². The molecule has 0 N–H and O–H groups in total. The van der Waals surface area contributed by atoms with Gasteiger partial charge in [-0.3, -0.25) is 9.59 Å².